The Labute approximate surface area is 152 Å². The molecule has 1 fully saturated rings. The Bertz CT molecular complexity index is 703. The Morgan fingerprint density at radius 2 is 2.12 bits per heavy atom. The van der Waals surface area contributed by atoms with Crippen molar-refractivity contribution in [2.45, 2.75) is 44.4 Å². The van der Waals surface area contributed by atoms with Crippen LogP contribution in [0.2, 0.25) is 0 Å². The van der Waals surface area contributed by atoms with Gasteiger partial charge in [-0.05, 0) is 37.5 Å². The fourth-order valence-corrected chi connectivity index (χ4v) is 4.56. The van der Waals surface area contributed by atoms with Gasteiger partial charge in [0.1, 0.15) is 0 Å². The monoisotopic (exact) mass is 361 g/mol. The number of thioether (sulfide) groups is 1. The normalized spacial score (nSPS) is 26.0. The number of aliphatic hydroxyl groups is 1. The van der Waals surface area contributed by atoms with Crippen LogP contribution < -0.4 is 0 Å². The minimum Gasteiger partial charge on any atom is -0.457 e. The van der Waals surface area contributed by atoms with Gasteiger partial charge in [0.25, 0.3) is 5.91 Å². The smallest absolute Gasteiger partial charge is 0.303 e. The van der Waals surface area contributed by atoms with Gasteiger partial charge in [0.05, 0.1) is 4.91 Å². The molecule has 0 unspecified atom stereocenters. The van der Waals surface area contributed by atoms with Gasteiger partial charge in [0.2, 0.25) is 5.72 Å². The summed E-state index contributed by atoms with van der Waals surface area (Å²) in [5, 5.41) is 11.5. The number of rotatable bonds is 5. The predicted molar refractivity (Wildman–Crippen MR) is 96.8 cm³/mol. The minimum absolute atomic E-state index is 0.167. The Balaban J connectivity index is 1.90. The molecule has 134 valence electrons. The number of nitrogens with zero attached hydrogens (tertiary/aromatic N) is 1. The third-order valence-corrected chi connectivity index (χ3v) is 5.72. The van der Waals surface area contributed by atoms with Crippen LogP contribution in [0.25, 0.3) is 0 Å². The fraction of sp³-hybridized carbons (Fsp3) is 0.474. The van der Waals surface area contributed by atoms with Crippen molar-refractivity contribution in [3.05, 3.63) is 46.4 Å². The predicted octanol–water partition coefficient (Wildman–Crippen LogP) is 2.49. The SMILES string of the molecule is CSC1=C2CCC[C@@H](OC(C)=O)[C@@]2(O)N(CCc2ccccc2)C1=O. The Hall–Kier alpha value is -1.79. The fourth-order valence-electron chi connectivity index (χ4n) is 3.78. The van der Waals surface area contributed by atoms with E-state index in [9.17, 15) is 14.7 Å². The first kappa shape index (κ1) is 18.0. The summed E-state index contributed by atoms with van der Waals surface area (Å²) < 4.78 is 5.41. The van der Waals surface area contributed by atoms with Crippen molar-refractivity contribution in [3.8, 4) is 0 Å². The first-order valence-corrected chi connectivity index (χ1v) is 9.74. The van der Waals surface area contributed by atoms with Gasteiger partial charge in [0, 0.05) is 19.0 Å². The molecule has 1 aliphatic carbocycles. The summed E-state index contributed by atoms with van der Waals surface area (Å²) in [6, 6.07) is 9.85. The Kier molecular flexibility index (Phi) is 5.20. The number of carbonyl (C=O) groups excluding carboxylic acids is 2. The van der Waals surface area contributed by atoms with Crippen molar-refractivity contribution in [3.63, 3.8) is 0 Å². The highest BCUT2D eigenvalue weighted by Crippen LogP contribution is 2.47. The lowest BCUT2D eigenvalue weighted by Gasteiger charge is -2.43. The molecule has 1 saturated carbocycles. The van der Waals surface area contributed by atoms with Crippen LogP contribution in [0, 0.1) is 0 Å². The van der Waals surface area contributed by atoms with E-state index in [0.717, 1.165) is 12.0 Å². The highest BCUT2D eigenvalue weighted by atomic mass is 32.2. The molecule has 0 spiro atoms. The van der Waals surface area contributed by atoms with Crippen LogP contribution in [-0.2, 0) is 20.7 Å². The van der Waals surface area contributed by atoms with Crippen LogP contribution in [0.1, 0.15) is 31.7 Å². The second kappa shape index (κ2) is 7.22. The molecule has 3 rings (SSSR count). The number of hydrogen-bond donors (Lipinski definition) is 1. The van der Waals surface area contributed by atoms with Crippen LogP contribution in [-0.4, -0.2) is 46.5 Å². The van der Waals surface area contributed by atoms with Gasteiger partial charge in [-0.25, -0.2) is 0 Å². The molecule has 1 aliphatic heterocycles. The van der Waals surface area contributed by atoms with Crippen molar-refractivity contribution in [1.82, 2.24) is 4.90 Å². The summed E-state index contributed by atoms with van der Waals surface area (Å²) in [4.78, 5) is 26.5. The van der Waals surface area contributed by atoms with Crippen LogP contribution >= 0.6 is 11.8 Å². The van der Waals surface area contributed by atoms with E-state index in [4.69, 9.17) is 4.74 Å². The van der Waals surface area contributed by atoms with Gasteiger partial charge in [-0.15, -0.1) is 11.8 Å². The van der Waals surface area contributed by atoms with Crippen LogP contribution in [0.15, 0.2) is 40.8 Å². The van der Waals surface area contributed by atoms with Gasteiger partial charge in [-0.2, -0.15) is 0 Å². The summed E-state index contributed by atoms with van der Waals surface area (Å²) in [5.74, 6) is -0.604. The molecule has 0 saturated heterocycles. The number of carbonyl (C=O) groups is 2. The lowest BCUT2D eigenvalue weighted by Crippen LogP contribution is -2.59. The molecule has 25 heavy (non-hydrogen) atoms. The average Bonchev–Trinajstić information content (AvgIpc) is 2.81. The largest absolute Gasteiger partial charge is 0.457 e. The molecule has 0 radical (unpaired) electrons. The third kappa shape index (κ3) is 3.20. The Morgan fingerprint density at radius 1 is 1.40 bits per heavy atom. The number of benzene rings is 1. The van der Waals surface area contributed by atoms with Gasteiger partial charge >= 0.3 is 5.97 Å². The summed E-state index contributed by atoms with van der Waals surface area (Å²) >= 11 is 1.36. The van der Waals surface area contributed by atoms with Crippen molar-refractivity contribution >= 4 is 23.6 Å². The molecule has 6 heteroatoms. The number of hydrogen-bond acceptors (Lipinski definition) is 5. The molecule has 2 aliphatic rings. The second-order valence-corrected chi connectivity index (χ2v) is 7.24. The van der Waals surface area contributed by atoms with Gasteiger partial charge in [-0.3, -0.25) is 9.59 Å². The summed E-state index contributed by atoms with van der Waals surface area (Å²) in [5.41, 5.74) is 0.280. The maximum Gasteiger partial charge on any atom is 0.303 e. The molecule has 1 aromatic rings. The first-order chi connectivity index (χ1) is 12.0. The third-order valence-electron chi connectivity index (χ3n) is 4.89. The molecule has 1 amide bonds. The molecule has 0 bridgehead atoms. The minimum atomic E-state index is -1.52. The molecular weight excluding hydrogens is 338 g/mol. The first-order valence-electron chi connectivity index (χ1n) is 8.51. The van der Waals surface area contributed by atoms with E-state index >= 15 is 0 Å². The van der Waals surface area contributed by atoms with Crippen molar-refractivity contribution in [2.75, 3.05) is 12.8 Å². The molecule has 0 aromatic heterocycles. The van der Waals surface area contributed by atoms with E-state index in [1.54, 1.807) is 0 Å². The van der Waals surface area contributed by atoms with E-state index in [-0.39, 0.29) is 5.91 Å². The topological polar surface area (TPSA) is 66.8 Å². The van der Waals surface area contributed by atoms with E-state index in [2.05, 4.69) is 0 Å². The number of esters is 1. The summed E-state index contributed by atoms with van der Waals surface area (Å²) in [7, 11) is 0. The van der Waals surface area contributed by atoms with Gasteiger partial charge in [-0.1, -0.05) is 30.3 Å². The van der Waals surface area contributed by atoms with Crippen LogP contribution in [0.5, 0.6) is 0 Å². The van der Waals surface area contributed by atoms with Crippen molar-refractivity contribution in [1.29, 1.82) is 0 Å². The highest BCUT2D eigenvalue weighted by Gasteiger charge is 2.57. The Morgan fingerprint density at radius 3 is 2.76 bits per heavy atom. The van der Waals surface area contributed by atoms with E-state index < -0.39 is 17.8 Å². The molecule has 1 heterocycles. The maximum absolute atomic E-state index is 12.9. The number of ether oxygens (including phenoxy) is 1. The molecule has 2 atom stereocenters. The second-order valence-electron chi connectivity index (χ2n) is 6.42. The van der Waals surface area contributed by atoms with Crippen molar-refractivity contribution in [2.24, 2.45) is 0 Å². The zero-order valence-electron chi connectivity index (χ0n) is 14.5. The molecule has 5 nitrogen and oxygen atoms in total. The zero-order valence-corrected chi connectivity index (χ0v) is 15.3. The lowest BCUT2D eigenvalue weighted by atomic mass is 9.84. The lowest BCUT2D eigenvalue weighted by molar-refractivity contribution is -0.191. The standard InChI is InChI=1S/C19H23NO4S/c1-13(21)24-16-10-6-9-15-17(25-2)18(22)20(19(15,16)23)12-11-14-7-4-3-5-8-14/h3-5,7-8,16,23H,6,9-12H2,1-2H3/t16-,19-/m1/s1. The van der Waals surface area contributed by atoms with Crippen molar-refractivity contribution < 1.29 is 19.4 Å². The number of amides is 1. The van der Waals surface area contributed by atoms with E-state index in [0.29, 0.717) is 36.3 Å². The zero-order chi connectivity index (χ0) is 18.0. The van der Waals surface area contributed by atoms with E-state index in [1.807, 2.05) is 36.6 Å². The van der Waals surface area contributed by atoms with Crippen LogP contribution in [0.3, 0.4) is 0 Å². The van der Waals surface area contributed by atoms with Gasteiger partial charge < -0.3 is 14.7 Å². The van der Waals surface area contributed by atoms with Crippen LogP contribution in [0.4, 0.5) is 0 Å². The molecular formula is C19H23NO4S. The molecule has 1 aromatic carbocycles. The van der Waals surface area contributed by atoms with E-state index in [1.165, 1.54) is 23.6 Å². The number of fused-ring (bicyclic) bond motifs is 1. The van der Waals surface area contributed by atoms with Gasteiger partial charge in [0.15, 0.2) is 6.10 Å². The summed E-state index contributed by atoms with van der Waals surface area (Å²) in [6.45, 7) is 1.71. The summed E-state index contributed by atoms with van der Waals surface area (Å²) in [6.07, 6.45) is 3.76. The molecule has 1 N–H and O–H groups in total. The average molecular weight is 361 g/mol. The quantitative estimate of drug-likeness (QED) is 0.816. The highest BCUT2D eigenvalue weighted by molar-refractivity contribution is 8.03. The maximum atomic E-state index is 12.9.